The van der Waals surface area contributed by atoms with E-state index in [0.29, 0.717) is 0 Å². The Hall–Kier alpha value is -1.90. The Bertz CT molecular complexity index is 889. The van der Waals surface area contributed by atoms with E-state index in [0.717, 1.165) is 23.4 Å². The summed E-state index contributed by atoms with van der Waals surface area (Å²) in [6, 6.07) is 28.8. The zero-order valence-corrected chi connectivity index (χ0v) is 23.0. The van der Waals surface area contributed by atoms with Gasteiger partial charge in [-0.25, -0.2) is 21.1 Å². The van der Waals surface area contributed by atoms with E-state index < -0.39 is 0 Å². The molecule has 0 fully saturated rings. The molecule has 163 valence electrons. The summed E-state index contributed by atoms with van der Waals surface area (Å²) in [5.41, 5.74) is 2.22. The van der Waals surface area contributed by atoms with Gasteiger partial charge < -0.3 is 0 Å². The molecule has 0 aliphatic heterocycles. The van der Waals surface area contributed by atoms with Crippen LogP contribution in [0.2, 0.25) is 0 Å². The number of hydrogen-bond donors (Lipinski definition) is 0. The van der Waals surface area contributed by atoms with Crippen LogP contribution in [0.3, 0.4) is 0 Å². The largest absolute Gasteiger partial charge is 0.241 e. The van der Waals surface area contributed by atoms with Crippen molar-refractivity contribution in [2.75, 3.05) is 0 Å². The molecule has 0 aliphatic rings. The molecule has 3 aromatic carbocycles. The first-order valence-electron chi connectivity index (χ1n) is 11.0. The molecule has 0 bridgehead atoms. The predicted octanol–water partition coefficient (Wildman–Crippen LogP) is 8.22. The molecule has 31 heavy (non-hydrogen) atoms. The van der Waals surface area contributed by atoms with Gasteiger partial charge in [0, 0.05) is 51.5 Å². The zero-order chi connectivity index (χ0) is 22.6. The molecule has 1 heterocycles. The average Bonchev–Trinajstić information content (AvgIpc) is 2.89. The summed E-state index contributed by atoms with van der Waals surface area (Å²) in [6.45, 7) is 14.0. The van der Waals surface area contributed by atoms with Crippen LogP contribution >= 0.6 is 0 Å². The van der Waals surface area contributed by atoms with Gasteiger partial charge in [0.05, 0.1) is 0 Å². The van der Waals surface area contributed by atoms with Crippen LogP contribution in [0.1, 0.15) is 54.3 Å². The van der Waals surface area contributed by atoms with E-state index in [1.807, 2.05) is 78.8 Å². The quantitative estimate of drug-likeness (QED) is 0.265. The van der Waals surface area contributed by atoms with Crippen LogP contribution in [-0.2, 0) is 39.1 Å². The van der Waals surface area contributed by atoms with Crippen molar-refractivity contribution < 1.29 is 32.7 Å². The Morgan fingerprint density at radius 1 is 0.677 bits per heavy atom. The summed E-state index contributed by atoms with van der Waals surface area (Å²) in [7, 11) is 0. The SMILES string of the molecule is CC.CC.CC.CCc1ncccn1.[Y].[c-]1ccccc1-c1[c-]ccc2ccccc12. The Morgan fingerprint density at radius 3 is 1.84 bits per heavy atom. The van der Waals surface area contributed by atoms with Gasteiger partial charge in [-0.15, -0.1) is 29.0 Å². The van der Waals surface area contributed by atoms with Crippen molar-refractivity contribution in [1.82, 2.24) is 9.97 Å². The van der Waals surface area contributed by atoms with E-state index >= 15 is 0 Å². The van der Waals surface area contributed by atoms with Crippen molar-refractivity contribution in [3.8, 4) is 11.1 Å². The van der Waals surface area contributed by atoms with Crippen LogP contribution in [0.5, 0.6) is 0 Å². The second-order valence-electron chi connectivity index (χ2n) is 5.23. The molecule has 0 spiro atoms. The number of aryl methyl sites for hydroxylation is 1. The van der Waals surface area contributed by atoms with Gasteiger partial charge in [0.25, 0.3) is 0 Å². The molecule has 0 saturated heterocycles. The van der Waals surface area contributed by atoms with E-state index in [9.17, 15) is 0 Å². The normalized spacial score (nSPS) is 8.35. The Balaban J connectivity index is 0. The van der Waals surface area contributed by atoms with E-state index in [2.05, 4.69) is 58.5 Å². The minimum absolute atomic E-state index is 0. The van der Waals surface area contributed by atoms with Gasteiger partial charge in [0.2, 0.25) is 0 Å². The molecular formula is C28H36N2Y-2. The van der Waals surface area contributed by atoms with Crippen LogP contribution in [0, 0.1) is 12.1 Å². The van der Waals surface area contributed by atoms with Crippen molar-refractivity contribution in [2.24, 2.45) is 0 Å². The third-order valence-corrected chi connectivity index (χ3v) is 3.63. The van der Waals surface area contributed by atoms with Gasteiger partial charge in [-0.2, -0.15) is 36.4 Å². The van der Waals surface area contributed by atoms with E-state index in [1.165, 1.54) is 10.8 Å². The molecule has 2 nitrogen and oxygen atoms in total. The van der Waals surface area contributed by atoms with Crippen LogP contribution in [0.4, 0.5) is 0 Å². The number of benzene rings is 3. The summed E-state index contributed by atoms with van der Waals surface area (Å²) >= 11 is 0. The molecule has 0 amide bonds. The Morgan fingerprint density at radius 2 is 1.29 bits per heavy atom. The van der Waals surface area contributed by atoms with Gasteiger partial charge in [-0.3, -0.25) is 0 Å². The molecule has 1 radical (unpaired) electrons. The maximum atomic E-state index is 3.99. The minimum atomic E-state index is 0. The fraction of sp³-hybridized carbons (Fsp3) is 0.286. The molecule has 4 rings (SSSR count). The smallest absolute Gasteiger partial charge is 0.127 e. The molecule has 4 aromatic rings. The fourth-order valence-corrected chi connectivity index (χ4v) is 2.45. The average molecular weight is 490 g/mol. The molecular weight excluding hydrogens is 453 g/mol. The molecule has 0 unspecified atom stereocenters. The Labute approximate surface area is 215 Å². The van der Waals surface area contributed by atoms with Crippen LogP contribution < -0.4 is 0 Å². The van der Waals surface area contributed by atoms with Crippen LogP contribution in [0.15, 0.2) is 79.1 Å². The van der Waals surface area contributed by atoms with Crippen LogP contribution in [0.25, 0.3) is 21.9 Å². The van der Waals surface area contributed by atoms with Crippen molar-refractivity contribution in [3.63, 3.8) is 0 Å². The zero-order valence-electron chi connectivity index (χ0n) is 20.2. The topological polar surface area (TPSA) is 25.8 Å². The fourth-order valence-electron chi connectivity index (χ4n) is 2.45. The van der Waals surface area contributed by atoms with Crippen molar-refractivity contribution >= 4 is 10.8 Å². The minimum Gasteiger partial charge on any atom is -0.241 e. The van der Waals surface area contributed by atoms with Gasteiger partial charge in [0.15, 0.2) is 0 Å². The van der Waals surface area contributed by atoms with E-state index in [4.69, 9.17) is 0 Å². The first kappa shape index (κ1) is 31.3. The van der Waals surface area contributed by atoms with E-state index in [-0.39, 0.29) is 32.7 Å². The second-order valence-corrected chi connectivity index (χ2v) is 5.23. The summed E-state index contributed by atoms with van der Waals surface area (Å²) < 4.78 is 0. The van der Waals surface area contributed by atoms with Gasteiger partial charge in [-0.05, 0) is 6.07 Å². The summed E-state index contributed by atoms with van der Waals surface area (Å²) in [5.74, 6) is 0.910. The molecule has 3 heteroatoms. The van der Waals surface area contributed by atoms with Crippen molar-refractivity contribution in [2.45, 2.75) is 54.9 Å². The Kier molecular flexibility index (Phi) is 21.5. The van der Waals surface area contributed by atoms with Crippen molar-refractivity contribution in [1.29, 1.82) is 0 Å². The first-order chi connectivity index (χ1) is 14.9. The second kappa shape index (κ2) is 21.3. The molecule has 0 atom stereocenters. The van der Waals surface area contributed by atoms with Gasteiger partial charge in [-0.1, -0.05) is 66.7 Å². The number of hydrogen-bond acceptors (Lipinski definition) is 2. The van der Waals surface area contributed by atoms with Crippen molar-refractivity contribution in [3.05, 3.63) is 97.1 Å². The van der Waals surface area contributed by atoms with Gasteiger partial charge in [0.1, 0.15) is 5.82 Å². The van der Waals surface area contributed by atoms with E-state index in [1.54, 1.807) is 12.4 Å². The number of rotatable bonds is 2. The predicted molar refractivity (Wildman–Crippen MR) is 133 cm³/mol. The third-order valence-electron chi connectivity index (χ3n) is 3.63. The third kappa shape index (κ3) is 11.3. The number of aromatic nitrogens is 2. The monoisotopic (exact) mass is 489 g/mol. The standard InChI is InChI=1S/C16H10.C6H8N2.3C2H6.Y/c1-2-7-13(8-3-1)16-12-6-10-14-9-4-5-11-15(14)16;1-2-6-7-4-3-5-8-6;3*1-2;/h1-7,9-11H;3-5H,2H2,1H3;3*1-2H3;/q-2;;;;;. The number of nitrogens with zero attached hydrogens (tertiary/aromatic N) is 2. The van der Waals surface area contributed by atoms with Crippen LogP contribution in [-0.4, -0.2) is 9.97 Å². The summed E-state index contributed by atoms with van der Waals surface area (Å²) in [5, 5.41) is 2.47. The maximum absolute atomic E-state index is 3.99. The molecule has 0 N–H and O–H groups in total. The summed E-state index contributed by atoms with van der Waals surface area (Å²) in [4.78, 5) is 7.97. The maximum Gasteiger partial charge on any atom is 0.127 e. The molecule has 0 aliphatic carbocycles. The summed E-state index contributed by atoms with van der Waals surface area (Å²) in [6.07, 6.45) is 4.43. The molecule has 0 saturated carbocycles. The number of fused-ring (bicyclic) bond motifs is 1. The first-order valence-corrected chi connectivity index (χ1v) is 11.0. The van der Waals surface area contributed by atoms with Gasteiger partial charge >= 0.3 is 0 Å². The molecule has 1 aromatic heterocycles.